The Kier molecular flexibility index (Phi) is 3.17. The van der Waals surface area contributed by atoms with E-state index in [-0.39, 0.29) is 5.92 Å². The predicted molar refractivity (Wildman–Crippen MR) is 54.0 cm³/mol. The molecule has 1 fully saturated rings. The number of hydrogen-bond donors (Lipinski definition) is 0. The van der Waals surface area contributed by atoms with Crippen LogP contribution in [0.5, 0.6) is 0 Å². The Morgan fingerprint density at radius 2 is 1.67 bits per heavy atom. The zero-order valence-electron chi connectivity index (χ0n) is 9.49. The molecule has 1 aliphatic rings. The van der Waals surface area contributed by atoms with Crippen LogP contribution >= 0.6 is 0 Å². The summed E-state index contributed by atoms with van der Waals surface area (Å²) >= 11 is 0. The van der Waals surface area contributed by atoms with Gasteiger partial charge in [-0.05, 0) is 20.3 Å². The molecule has 0 aliphatic heterocycles. The van der Waals surface area contributed by atoms with Crippen LogP contribution in [0.3, 0.4) is 0 Å². The van der Waals surface area contributed by atoms with Gasteiger partial charge in [-0.2, -0.15) is 0 Å². The normalized spacial score (nSPS) is 21.5. The van der Waals surface area contributed by atoms with Crippen molar-refractivity contribution in [1.29, 1.82) is 0 Å². The maximum atomic E-state index is 11.5. The maximum Gasteiger partial charge on any atom is 0.323 e. The summed E-state index contributed by atoms with van der Waals surface area (Å²) in [7, 11) is 2.57. The van der Waals surface area contributed by atoms with E-state index in [4.69, 9.17) is 0 Å². The first-order chi connectivity index (χ1) is 6.98. The number of rotatable bonds is 3. The minimum atomic E-state index is -1.08. The number of carbonyl (C=O) groups excluding carboxylic acids is 2. The number of hydrogen-bond acceptors (Lipinski definition) is 4. The van der Waals surface area contributed by atoms with Crippen molar-refractivity contribution in [2.75, 3.05) is 14.2 Å². The van der Waals surface area contributed by atoms with Crippen molar-refractivity contribution in [2.24, 2.45) is 11.3 Å². The van der Waals surface area contributed by atoms with E-state index in [1.54, 1.807) is 0 Å². The Morgan fingerprint density at radius 1 is 1.20 bits per heavy atom. The van der Waals surface area contributed by atoms with Crippen molar-refractivity contribution in [3.8, 4) is 0 Å². The molecule has 0 aromatic rings. The van der Waals surface area contributed by atoms with Crippen LogP contribution in [0.15, 0.2) is 11.6 Å². The molecular weight excluding hydrogens is 196 g/mol. The van der Waals surface area contributed by atoms with Gasteiger partial charge in [0.1, 0.15) is 0 Å². The molecule has 0 N–H and O–H groups in total. The molecule has 0 heterocycles. The minimum Gasteiger partial charge on any atom is -0.468 e. The molecular formula is C11H16O4. The lowest BCUT2D eigenvalue weighted by Gasteiger charge is -2.10. The van der Waals surface area contributed by atoms with Gasteiger partial charge in [0, 0.05) is 5.92 Å². The molecule has 0 bridgehead atoms. The highest BCUT2D eigenvalue weighted by molar-refractivity contribution is 6.04. The summed E-state index contributed by atoms with van der Waals surface area (Å²) in [6, 6.07) is 0. The Bertz CT molecular complexity index is 297. The average molecular weight is 212 g/mol. The first kappa shape index (κ1) is 11.8. The molecule has 0 saturated heterocycles. The van der Waals surface area contributed by atoms with Crippen molar-refractivity contribution in [3.05, 3.63) is 11.6 Å². The SMILES string of the molecule is COC(=O)C1(C(=O)OC)CC1C=C(C)C. The second-order valence-electron chi connectivity index (χ2n) is 4.01. The summed E-state index contributed by atoms with van der Waals surface area (Å²) in [5.74, 6) is -1.09. The molecule has 0 amide bonds. The highest BCUT2D eigenvalue weighted by Gasteiger charge is 2.66. The molecule has 0 radical (unpaired) electrons. The van der Waals surface area contributed by atoms with Gasteiger partial charge in [-0.25, -0.2) is 0 Å². The van der Waals surface area contributed by atoms with Gasteiger partial charge in [0.2, 0.25) is 0 Å². The van der Waals surface area contributed by atoms with Crippen molar-refractivity contribution in [1.82, 2.24) is 0 Å². The third kappa shape index (κ3) is 1.89. The van der Waals surface area contributed by atoms with Crippen molar-refractivity contribution in [2.45, 2.75) is 20.3 Å². The predicted octanol–water partition coefficient (Wildman–Crippen LogP) is 1.30. The van der Waals surface area contributed by atoms with Crippen molar-refractivity contribution >= 4 is 11.9 Å². The number of esters is 2. The van der Waals surface area contributed by atoms with E-state index in [9.17, 15) is 9.59 Å². The largest absolute Gasteiger partial charge is 0.468 e. The van der Waals surface area contributed by atoms with Gasteiger partial charge in [-0.1, -0.05) is 11.6 Å². The summed E-state index contributed by atoms with van der Waals surface area (Å²) in [6.07, 6.45) is 2.39. The molecule has 1 saturated carbocycles. The van der Waals surface area contributed by atoms with E-state index in [1.807, 2.05) is 19.9 Å². The fourth-order valence-corrected chi connectivity index (χ4v) is 1.81. The topological polar surface area (TPSA) is 52.6 Å². The lowest BCUT2D eigenvalue weighted by molar-refractivity contribution is -0.161. The monoisotopic (exact) mass is 212 g/mol. The average Bonchev–Trinajstić information content (AvgIpc) is 2.90. The zero-order chi connectivity index (χ0) is 11.6. The molecule has 15 heavy (non-hydrogen) atoms. The summed E-state index contributed by atoms with van der Waals surface area (Å²) in [4.78, 5) is 23.1. The van der Waals surface area contributed by atoms with Gasteiger partial charge >= 0.3 is 11.9 Å². The number of ether oxygens (including phenoxy) is 2. The van der Waals surface area contributed by atoms with Crippen LogP contribution in [0, 0.1) is 11.3 Å². The van der Waals surface area contributed by atoms with Crippen LogP contribution in [0.25, 0.3) is 0 Å². The van der Waals surface area contributed by atoms with E-state index in [0.29, 0.717) is 6.42 Å². The second-order valence-corrected chi connectivity index (χ2v) is 4.01. The molecule has 84 valence electrons. The molecule has 0 spiro atoms. The molecule has 1 atom stereocenters. The van der Waals surface area contributed by atoms with Crippen LogP contribution in [-0.4, -0.2) is 26.2 Å². The molecule has 1 aliphatic carbocycles. The minimum absolute atomic E-state index is 0.0811. The standard InChI is InChI=1S/C11H16O4/c1-7(2)5-8-6-11(8,9(12)14-3)10(13)15-4/h5,8H,6H2,1-4H3. The number of carbonyl (C=O) groups is 2. The Balaban J connectivity index is 2.90. The Labute approximate surface area is 89.2 Å². The van der Waals surface area contributed by atoms with Crippen LogP contribution < -0.4 is 0 Å². The highest BCUT2D eigenvalue weighted by Crippen LogP contribution is 2.55. The van der Waals surface area contributed by atoms with Gasteiger partial charge in [0.25, 0.3) is 0 Å². The van der Waals surface area contributed by atoms with Crippen LogP contribution in [0.1, 0.15) is 20.3 Å². The Hall–Kier alpha value is -1.32. The summed E-state index contributed by atoms with van der Waals surface area (Å²) in [6.45, 7) is 3.86. The van der Waals surface area contributed by atoms with Crippen molar-refractivity contribution in [3.63, 3.8) is 0 Å². The molecule has 0 aromatic heterocycles. The molecule has 4 heteroatoms. The number of allylic oxidation sites excluding steroid dienone is 2. The molecule has 0 aromatic carbocycles. The lowest BCUT2D eigenvalue weighted by atomic mass is 10.0. The fraction of sp³-hybridized carbons (Fsp3) is 0.636. The van der Waals surface area contributed by atoms with Gasteiger partial charge in [-0.3, -0.25) is 9.59 Å². The number of methoxy groups -OCH3 is 2. The van der Waals surface area contributed by atoms with E-state index in [0.717, 1.165) is 5.57 Å². The highest BCUT2D eigenvalue weighted by atomic mass is 16.5. The third-order valence-electron chi connectivity index (χ3n) is 2.65. The van der Waals surface area contributed by atoms with E-state index in [1.165, 1.54) is 14.2 Å². The van der Waals surface area contributed by atoms with Crippen molar-refractivity contribution < 1.29 is 19.1 Å². The van der Waals surface area contributed by atoms with E-state index < -0.39 is 17.4 Å². The summed E-state index contributed by atoms with van der Waals surface area (Å²) in [5.41, 5.74) is -0.00416. The smallest absolute Gasteiger partial charge is 0.323 e. The van der Waals surface area contributed by atoms with Crippen LogP contribution in [0.4, 0.5) is 0 Å². The molecule has 1 unspecified atom stereocenters. The summed E-state index contributed by atoms with van der Waals surface area (Å²) in [5, 5.41) is 0. The fourth-order valence-electron chi connectivity index (χ4n) is 1.81. The van der Waals surface area contributed by atoms with Gasteiger partial charge in [-0.15, -0.1) is 0 Å². The quantitative estimate of drug-likeness (QED) is 0.402. The Morgan fingerprint density at radius 3 is 2.00 bits per heavy atom. The first-order valence-corrected chi connectivity index (χ1v) is 4.81. The summed E-state index contributed by atoms with van der Waals surface area (Å²) < 4.78 is 9.29. The van der Waals surface area contributed by atoms with E-state index >= 15 is 0 Å². The van der Waals surface area contributed by atoms with Crippen LogP contribution in [-0.2, 0) is 19.1 Å². The third-order valence-corrected chi connectivity index (χ3v) is 2.65. The first-order valence-electron chi connectivity index (χ1n) is 4.81. The molecule has 1 rings (SSSR count). The molecule has 4 nitrogen and oxygen atoms in total. The van der Waals surface area contributed by atoms with Gasteiger partial charge in [0.05, 0.1) is 14.2 Å². The lowest BCUT2D eigenvalue weighted by Crippen LogP contribution is -2.30. The van der Waals surface area contributed by atoms with Gasteiger partial charge in [0.15, 0.2) is 5.41 Å². The van der Waals surface area contributed by atoms with E-state index in [2.05, 4.69) is 9.47 Å². The van der Waals surface area contributed by atoms with Gasteiger partial charge < -0.3 is 9.47 Å². The maximum absolute atomic E-state index is 11.5. The zero-order valence-corrected chi connectivity index (χ0v) is 9.49. The second kappa shape index (κ2) is 4.04. The van der Waals surface area contributed by atoms with Crippen LogP contribution in [0.2, 0.25) is 0 Å².